The molecule has 48 heavy (non-hydrogen) atoms. The minimum Gasteiger partial charge on any atom is -0.444 e. The molecule has 3 aromatic carbocycles. The molecular formula is C38H38F2N6O2. The molecule has 2 atom stereocenters. The Balaban J connectivity index is 1.01. The molecule has 5 aromatic rings. The highest BCUT2D eigenvalue weighted by Crippen LogP contribution is 2.52. The van der Waals surface area contributed by atoms with Crippen molar-refractivity contribution in [2.45, 2.75) is 70.1 Å². The lowest BCUT2D eigenvalue weighted by atomic mass is 9.97. The maximum atomic E-state index is 16.1. The number of ether oxygens (including phenoxy) is 1. The zero-order valence-corrected chi connectivity index (χ0v) is 27.2. The van der Waals surface area contributed by atoms with Gasteiger partial charge < -0.3 is 20.0 Å². The number of nitrogens with one attached hydrogen (secondary N) is 3. The van der Waals surface area contributed by atoms with Gasteiger partial charge in [-0.15, -0.1) is 0 Å². The van der Waals surface area contributed by atoms with E-state index in [2.05, 4.69) is 25.3 Å². The summed E-state index contributed by atoms with van der Waals surface area (Å²) in [6.07, 6.45) is 6.96. The van der Waals surface area contributed by atoms with Gasteiger partial charge >= 0.3 is 6.09 Å². The highest BCUT2D eigenvalue weighted by atomic mass is 19.3. The number of rotatable bonds is 5. The van der Waals surface area contributed by atoms with E-state index < -0.39 is 11.5 Å². The van der Waals surface area contributed by atoms with Crippen LogP contribution in [-0.4, -0.2) is 49.6 Å². The van der Waals surface area contributed by atoms with Crippen LogP contribution >= 0.6 is 0 Å². The van der Waals surface area contributed by atoms with Gasteiger partial charge in [0.25, 0.3) is 5.92 Å². The van der Waals surface area contributed by atoms with E-state index in [1.54, 1.807) is 41.6 Å². The van der Waals surface area contributed by atoms with Gasteiger partial charge in [-0.1, -0.05) is 48.5 Å². The third-order valence-electron chi connectivity index (χ3n) is 9.62. The first-order chi connectivity index (χ1) is 23.0. The van der Waals surface area contributed by atoms with Crippen LogP contribution < -0.4 is 5.32 Å². The maximum absolute atomic E-state index is 16.1. The molecule has 2 saturated heterocycles. The number of amides is 1. The number of benzene rings is 3. The Hall–Kier alpha value is -4.83. The molecule has 10 heteroatoms. The molecule has 2 fully saturated rings. The summed E-state index contributed by atoms with van der Waals surface area (Å²) in [6, 6.07) is 18.4. The molecule has 8 nitrogen and oxygen atoms in total. The van der Waals surface area contributed by atoms with Gasteiger partial charge in [0.05, 0.1) is 35.9 Å². The second-order valence-electron chi connectivity index (χ2n) is 14.0. The second kappa shape index (κ2) is 11.4. The van der Waals surface area contributed by atoms with E-state index in [9.17, 15) is 4.79 Å². The number of hydrogen-bond donors (Lipinski definition) is 3. The molecule has 2 aliphatic heterocycles. The Morgan fingerprint density at radius 2 is 1.42 bits per heavy atom. The molecule has 0 radical (unpaired) electrons. The number of likely N-dealkylation sites (tertiary alicyclic amines) is 1. The predicted molar refractivity (Wildman–Crippen MR) is 180 cm³/mol. The number of nitrogens with zero attached hydrogens (tertiary/aromatic N) is 3. The molecule has 8 rings (SSSR count). The van der Waals surface area contributed by atoms with E-state index in [-0.39, 0.29) is 29.3 Å². The van der Waals surface area contributed by atoms with Crippen LogP contribution in [0.4, 0.5) is 13.6 Å². The Labute approximate surface area is 278 Å². The average molecular weight is 649 g/mol. The first-order valence-electron chi connectivity index (χ1n) is 16.7. The number of fused-ring (bicyclic) bond motifs is 3. The molecule has 0 saturated carbocycles. The molecule has 3 aliphatic rings. The molecule has 0 bridgehead atoms. The van der Waals surface area contributed by atoms with Crippen LogP contribution in [0.2, 0.25) is 0 Å². The standard InChI is InChI=1S/C38H38F2N6O2/c1-37(2,3)48-36(47)46-17-5-7-33(46)35-43-20-31(45-35)23-10-8-22(9-11-23)24-12-14-26-27-15-13-25(19-29(27)38(39,40)28(26)18-24)32-21-42-34(44-32)30-6-4-16-41-30/h8-15,18-21,30,33,41H,4-7,16-17H2,1-3H3,(H,42,44)(H,43,45)/t30-,33-/m0/s1. The lowest BCUT2D eigenvalue weighted by Gasteiger charge is -2.27. The zero-order valence-electron chi connectivity index (χ0n) is 27.2. The summed E-state index contributed by atoms with van der Waals surface area (Å²) in [7, 11) is 0. The van der Waals surface area contributed by atoms with E-state index in [1.807, 2.05) is 57.2 Å². The Bertz CT molecular complexity index is 2000. The summed E-state index contributed by atoms with van der Waals surface area (Å²) in [5, 5.41) is 3.42. The quantitative estimate of drug-likeness (QED) is 0.177. The summed E-state index contributed by atoms with van der Waals surface area (Å²) in [4.78, 5) is 30.4. The molecule has 0 unspecified atom stereocenters. The minimum absolute atomic E-state index is 0.0141. The fourth-order valence-corrected chi connectivity index (χ4v) is 7.23. The number of aromatic nitrogens is 4. The summed E-state index contributed by atoms with van der Waals surface area (Å²) in [5.74, 6) is -1.56. The maximum Gasteiger partial charge on any atom is 0.410 e. The average Bonchev–Trinajstić information content (AvgIpc) is 3.91. The van der Waals surface area contributed by atoms with Crippen molar-refractivity contribution in [1.82, 2.24) is 30.2 Å². The van der Waals surface area contributed by atoms with Gasteiger partial charge in [-0.3, -0.25) is 4.90 Å². The number of H-pyrrole nitrogens is 2. The van der Waals surface area contributed by atoms with Crippen LogP contribution in [0.5, 0.6) is 0 Å². The third-order valence-corrected chi connectivity index (χ3v) is 9.62. The Kier molecular flexibility index (Phi) is 7.25. The van der Waals surface area contributed by atoms with Crippen LogP contribution in [-0.2, 0) is 10.7 Å². The topological polar surface area (TPSA) is 98.9 Å². The first kappa shape index (κ1) is 30.5. The van der Waals surface area contributed by atoms with Crippen molar-refractivity contribution in [3.8, 4) is 44.8 Å². The summed E-state index contributed by atoms with van der Waals surface area (Å²) < 4.78 is 37.7. The van der Waals surface area contributed by atoms with Crippen molar-refractivity contribution < 1.29 is 18.3 Å². The number of halogens is 2. The van der Waals surface area contributed by atoms with Crippen LogP contribution in [0, 0.1) is 0 Å². The molecule has 4 heterocycles. The normalized spacial score (nSPS) is 19.8. The zero-order chi connectivity index (χ0) is 33.2. The van der Waals surface area contributed by atoms with E-state index >= 15 is 8.78 Å². The molecule has 2 aromatic heterocycles. The predicted octanol–water partition coefficient (Wildman–Crippen LogP) is 8.75. The highest BCUT2D eigenvalue weighted by molar-refractivity contribution is 5.84. The fraction of sp³-hybridized carbons (Fsp3) is 0.342. The number of alkyl halides is 2. The molecule has 0 spiro atoms. The van der Waals surface area contributed by atoms with Crippen molar-refractivity contribution in [3.63, 3.8) is 0 Å². The van der Waals surface area contributed by atoms with E-state index in [1.165, 1.54) is 0 Å². The van der Waals surface area contributed by atoms with E-state index in [0.29, 0.717) is 23.2 Å². The lowest BCUT2D eigenvalue weighted by molar-refractivity contribution is 0.0218. The van der Waals surface area contributed by atoms with Crippen LogP contribution in [0.3, 0.4) is 0 Å². The molecular weight excluding hydrogens is 610 g/mol. The first-order valence-corrected chi connectivity index (χ1v) is 16.7. The summed E-state index contributed by atoms with van der Waals surface area (Å²) in [5.41, 5.74) is 5.30. The van der Waals surface area contributed by atoms with Gasteiger partial charge in [0.2, 0.25) is 0 Å². The smallest absolute Gasteiger partial charge is 0.410 e. The van der Waals surface area contributed by atoms with Gasteiger partial charge in [-0.2, -0.15) is 8.78 Å². The molecule has 1 aliphatic carbocycles. The van der Waals surface area contributed by atoms with Gasteiger partial charge in [-0.05, 0) is 92.9 Å². The minimum atomic E-state index is -3.13. The van der Waals surface area contributed by atoms with Crippen LogP contribution in [0.1, 0.15) is 81.3 Å². The SMILES string of the molecule is CC(C)(C)OC(=O)N1CCC[C@H]1c1ncc(-c2ccc(-c3ccc4c(c3)C(F)(F)c3cc(-c5cnc([C@@H]6CCCN6)[nH]5)ccc3-4)cc2)[nH]1. The number of aromatic amines is 2. The lowest BCUT2D eigenvalue weighted by Crippen LogP contribution is -2.36. The molecule has 1 amide bonds. The Morgan fingerprint density at radius 1 is 0.812 bits per heavy atom. The highest BCUT2D eigenvalue weighted by Gasteiger charge is 2.45. The largest absolute Gasteiger partial charge is 0.444 e. The van der Waals surface area contributed by atoms with Crippen LogP contribution in [0.15, 0.2) is 73.1 Å². The van der Waals surface area contributed by atoms with Crippen LogP contribution in [0.25, 0.3) is 44.8 Å². The summed E-state index contributed by atoms with van der Waals surface area (Å²) >= 11 is 0. The van der Waals surface area contributed by atoms with Crippen molar-refractivity contribution in [2.24, 2.45) is 0 Å². The van der Waals surface area contributed by atoms with Gasteiger partial charge in [-0.25, -0.2) is 14.8 Å². The number of carbonyl (C=O) groups is 1. The third kappa shape index (κ3) is 5.38. The van der Waals surface area contributed by atoms with Crippen molar-refractivity contribution >= 4 is 6.09 Å². The molecule has 246 valence electrons. The van der Waals surface area contributed by atoms with Crippen molar-refractivity contribution in [1.29, 1.82) is 0 Å². The van der Waals surface area contributed by atoms with Crippen molar-refractivity contribution in [2.75, 3.05) is 13.1 Å². The Morgan fingerprint density at radius 3 is 2.10 bits per heavy atom. The monoisotopic (exact) mass is 648 g/mol. The fourth-order valence-electron chi connectivity index (χ4n) is 7.23. The second-order valence-corrected chi connectivity index (χ2v) is 14.0. The number of carbonyl (C=O) groups excluding carboxylic acids is 1. The van der Waals surface area contributed by atoms with Gasteiger partial charge in [0, 0.05) is 23.2 Å². The van der Waals surface area contributed by atoms with E-state index in [0.717, 1.165) is 72.0 Å². The summed E-state index contributed by atoms with van der Waals surface area (Å²) in [6.45, 7) is 7.17. The number of hydrogen-bond acceptors (Lipinski definition) is 5. The molecule has 3 N–H and O–H groups in total. The van der Waals surface area contributed by atoms with Gasteiger partial charge in [0.15, 0.2) is 0 Å². The van der Waals surface area contributed by atoms with E-state index in [4.69, 9.17) is 4.74 Å². The van der Waals surface area contributed by atoms with Gasteiger partial charge in [0.1, 0.15) is 17.2 Å². The van der Waals surface area contributed by atoms with Crippen molar-refractivity contribution in [3.05, 3.63) is 95.8 Å². The number of imidazole rings is 2.